The molecule has 142 valence electrons. The Bertz CT molecular complexity index is 802. The summed E-state index contributed by atoms with van der Waals surface area (Å²) in [5, 5.41) is 0.0702. The Morgan fingerprint density at radius 1 is 1.12 bits per heavy atom. The van der Waals surface area contributed by atoms with Crippen LogP contribution in [0, 0.1) is 0 Å². The van der Waals surface area contributed by atoms with E-state index in [9.17, 15) is 18.0 Å². The van der Waals surface area contributed by atoms with Crippen molar-refractivity contribution in [2.24, 2.45) is 0 Å². The van der Waals surface area contributed by atoms with Crippen molar-refractivity contribution in [1.82, 2.24) is 4.31 Å². The molecule has 0 radical (unpaired) electrons. The highest BCUT2D eigenvalue weighted by atomic mass is 35.5. The van der Waals surface area contributed by atoms with Crippen molar-refractivity contribution in [3.05, 3.63) is 28.8 Å². The Morgan fingerprint density at radius 2 is 1.85 bits per heavy atom. The van der Waals surface area contributed by atoms with Crippen LogP contribution in [0.2, 0.25) is 5.02 Å². The van der Waals surface area contributed by atoms with Crippen LogP contribution >= 0.6 is 11.6 Å². The molecule has 0 amide bonds. The summed E-state index contributed by atoms with van der Waals surface area (Å²) in [5.41, 5.74) is 0.0864. The molecule has 1 aromatic carbocycles. The molecule has 1 aliphatic carbocycles. The lowest BCUT2D eigenvalue weighted by molar-refractivity contribution is -0.129. The Morgan fingerprint density at radius 3 is 2.54 bits per heavy atom. The third kappa shape index (κ3) is 4.10. The van der Waals surface area contributed by atoms with Gasteiger partial charge in [-0.3, -0.25) is 4.79 Å². The van der Waals surface area contributed by atoms with Crippen molar-refractivity contribution in [1.29, 1.82) is 0 Å². The van der Waals surface area contributed by atoms with Crippen molar-refractivity contribution < 1.29 is 22.7 Å². The zero-order valence-corrected chi connectivity index (χ0v) is 16.0. The van der Waals surface area contributed by atoms with Crippen LogP contribution in [-0.4, -0.2) is 43.7 Å². The predicted octanol–water partition coefficient (Wildman–Crippen LogP) is 3.18. The Balaban J connectivity index is 1.82. The summed E-state index contributed by atoms with van der Waals surface area (Å²) in [7, 11) is -3.77. The minimum Gasteiger partial charge on any atom is -0.451 e. The van der Waals surface area contributed by atoms with E-state index < -0.39 is 22.1 Å². The first-order valence-corrected chi connectivity index (χ1v) is 10.7. The number of rotatable bonds is 4. The highest BCUT2D eigenvalue weighted by Crippen LogP contribution is 2.28. The summed E-state index contributed by atoms with van der Waals surface area (Å²) >= 11 is 6.11. The van der Waals surface area contributed by atoms with Gasteiger partial charge >= 0.3 is 5.97 Å². The molecule has 0 spiro atoms. The van der Waals surface area contributed by atoms with Gasteiger partial charge in [-0.15, -0.1) is 0 Å². The van der Waals surface area contributed by atoms with E-state index in [1.165, 1.54) is 22.5 Å². The van der Waals surface area contributed by atoms with Gasteiger partial charge in [0, 0.05) is 19.5 Å². The molecule has 1 aromatic rings. The lowest BCUT2D eigenvalue weighted by Crippen LogP contribution is -2.36. The Hall–Kier alpha value is -1.44. The first kappa shape index (κ1) is 19.3. The molecule has 1 saturated carbocycles. The maximum atomic E-state index is 12.9. The topological polar surface area (TPSA) is 80.8 Å². The molecule has 26 heavy (non-hydrogen) atoms. The number of hydrogen-bond acceptors (Lipinski definition) is 5. The molecule has 2 fully saturated rings. The fraction of sp³-hybridized carbons (Fsp3) is 0.556. The fourth-order valence-corrected chi connectivity index (χ4v) is 5.36. The Kier molecular flexibility index (Phi) is 5.99. The van der Waals surface area contributed by atoms with Crippen molar-refractivity contribution in [3.8, 4) is 0 Å². The molecular weight excluding hydrogens is 378 g/mol. The van der Waals surface area contributed by atoms with Crippen LogP contribution in [0.25, 0.3) is 0 Å². The second kappa shape index (κ2) is 8.06. The first-order valence-electron chi connectivity index (χ1n) is 8.93. The molecule has 0 unspecified atom stereocenters. The number of benzene rings is 1. The maximum Gasteiger partial charge on any atom is 0.338 e. The number of Topliss-reactive ketones (excluding diaryl/α,β-unsaturated/α-hetero) is 1. The molecule has 2 aliphatic rings. The van der Waals surface area contributed by atoms with Gasteiger partial charge in [0.1, 0.15) is 4.90 Å². The standard InChI is InChI=1S/C18H22ClNO5S/c19-14-9-8-13(18(22)25-16-7-3-2-6-15(16)21)12-17(14)26(23,24)20-10-4-1-5-11-20/h8-9,12,16H,1-7,10-11H2/t16-/m0/s1. The molecule has 0 N–H and O–H groups in total. The minimum atomic E-state index is -3.77. The van der Waals surface area contributed by atoms with E-state index in [-0.39, 0.29) is 21.3 Å². The van der Waals surface area contributed by atoms with Gasteiger partial charge in [-0.05, 0) is 50.3 Å². The number of hydrogen-bond donors (Lipinski definition) is 0. The molecule has 0 bridgehead atoms. The molecule has 8 heteroatoms. The van der Waals surface area contributed by atoms with Crippen LogP contribution < -0.4 is 0 Å². The van der Waals surface area contributed by atoms with Gasteiger partial charge < -0.3 is 4.74 Å². The summed E-state index contributed by atoms with van der Waals surface area (Å²) in [6.45, 7) is 0.897. The number of carbonyl (C=O) groups is 2. The quantitative estimate of drug-likeness (QED) is 0.726. The highest BCUT2D eigenvalue weighted by Gasteiger charge is 2.30. The van der Waals surface area contributed by atoms with Crippen molar-refractivity contribution >= 4 is 33.4 Å². The van der Waals surface area contributed by atoms with E-state index in [4.69, 9.17) is 16.3 Å². The van der Waals surface area contributed by atoms with Crippen molar-refractivity contribution in [2.75, 3.05) is 13.1 Å². The molecule has 0 aromatic heterocycles. The van der Waals surface area contributed by atoms with Crippen LogP contribution in [0.1, 0.15) is 55.3 Å². The molecule has 1 atom stereocenters. The number of halogens is 1. The monoisotopic (exact) mass is 399 g/mol. The van der Waals surface area contributed by atoms with Gasteiger partial charge in [0.15, 0.2) is 11.9 Å². The first-order chi connectivity index (χ1) is 12.4. The number of ketones is 1. The predicted molar refractivity (Wildman–Crippen MR) is 96.7 cm³/mol. The van der Waals surface area contributed by atoms with Crippen molar-refractivity contribution in [3.63, 3.8) is 0 Å². The third-order valence-corrected chi connectivity index (χ3v) is 7.23. The van der Waals surface area contributed by atoms with Crippen LogP contribution in [0.5, 0.6) is 0 Å². The summed E-state index contributed by atoms with van der Waals surface area (Å²) in [6.07, 6.45) is 4.44. The lowest BCUT2D eigenvalue weighted by atomic mass is 9.96. The summed E-state index contributed by atoms with van der Waals surface area (Å²) < 4.78 is 32.4. The van der Waals surface area contributed by atoms with E-state index >= 15 is 0 Å². The molecule has 1 heterocycles. The van der Waals surface area contributed by atoms with E-state index in [1.54, 1.807) is 0 Å². The molecule has 1 saturated heterocycles. The van der Waals surface area contributed by atoms with E-state index in [0.717, 1.165) is 32.1 Å². The average Bonchev–Trinajstić information content (AvgIpc) is 2.64. The second-order valence-electron chi connectivity index (χ2n) is 6.72. The smallest absolute Gasteiger partial charge is 0.338 e. The number of piperidine rings is 1. The van der Waals surface area contributed by atoms with Crippen LogP contribution in [0.3, 0.4) is 0 Å². The van der Waals surface area contributed by atoms with E-state index in [1.807, 2.05) is 0 Å². The molecule has 3 rings (SSSR count). The van der Waals surface area contributed by atoms with Crippen LogP contribution in [-0.2, 0) is 19.6 Å². The number of ether oxygens (including phenoxy) is 1. The van der Waals surface area contributed by atoms with Gasteiger partial charge in [0.25, 0.3) is 0 Å². The average molecular weight is 400 g/mol. The van der Waals surface area contributed by atoms with Crippen LogP contribution in [0.15, 0.2) is 23.1 Å². The third-order valence-electron chi connectivity index (χ3n) is 4.85. The number of nitrogens with zero attached hydrogens (tertiary/aromatic N) is 1. The SMILES string of the molecule is O=C(O[C@H]1CCCCC1=O)c1ccc(Cl)c(S(=O)(=O)N2CCCCC2)c1. The number of sulfonamides is 1. The summed E-state index contributed by atoms with van der Waals surface area (Å²) in [5.74, 6) is -0.781. The minimum absolute atomic E-state index is 0.0702. The molecule has 1 aliphatic heterocycles. The Labute approximate surface area is 158 Å². The fourth-order valence-electron chi connectivity index (χ4n) is 3.35. The van der Waals surface area contributed by atoms with Gasteiger partial charge in [-0.25, -0.2) is 13.2 Å². The normalized spacial score (nSPS) is 22.2. The van der Waals surface area contributed by atoms with Gasteiger partial charge in [-0.1, -0.05) is 18.0 Å². The molecular formula is C18H22ClNO5S. The summed E-state index contributed by atoms with van der Waals surface area (Å²) in [6, 6.07) is 4.06. The summed E-state index contributed by atoms with van der Waals surface area (Å²) in [4.78, 5) is 24.2. The van der Waals surface area contributed by atoms with Crippen LogP contribution in [0.4, 0.5) is 0 Å². The zero-order valence-electron chi connectivity index (χ0n) is 14.4. The largest absolute Gasteiger partial charge is 0.451 e. The second-order valence-corrected chi connectivity index (χ2v) is 9.03. The van der Waals surface area contributed by atoms with E-state index in [0.29, 0.717) is 25.9 Å². The highest BCUT2D eigenvalue weighted by molar-refractivity contribution is 7.89. The van der Waals surface area contributed by atoms with Gasteiger partial charge in [0.05, 0.1) is 10.6 Å². The zero-order chi connectivity index (χ0) is 18.7. The van der Waals surface area contributed by atoms with Crippen molar-refractivity contribution in [2.45, 2.75) is 55.9 Å². The van der Waals surface area contributed by atoms with Gasteiger partial charge in [0.2, 0.25) is 10.0 Å². The number of carbonyl (C=O) groups excluding carboxylic acids is 2. The maximum absolute atomic E-state index is 12.9. The lowest BCUT2D eigenvalue weighted by Gasteiger charge is -2.26. The van der Waals surface area contributed by atoms with E-state index in [2.05, 4.69) is 0 Å². The number of esters is 1. The molecule has 6 nitrogen and oxygen atoms in total. The van der Waals surface area contributed by atoms with Gasteiger partial charge in [-0.2, -0.15) is 4.31 Å².